The minimum atomic E-state index is -0.264. The summed E-state index contributed by atoms with van der Waals surface area (Å²) in [4.78, 5) is 25.4. The molecule has 0 bridgehead atoms. The van der Waals surface area contributed by atoms with Crippen molar-refractivity contribution in [3.63, 3.8) is 0 Å². The Morgan fingerprint density at radius 3 is 2.81 bits per heavy atom. The number of hydrogen-bond donors (Lipinski definition) is 0. The van der Waals surface area contributed by atoms with Crippen LogP contribution in [0, 0.1) is 6.92 Å². The lowest BCUT2D eigenvalue weighted by molar-refractivity contribution is -0.141. The quantitative estimate of drug-likeness (QED) is 0.783. The predicted octanol–water partition coefficient (Wildman–Crippen LogP) is 2.98. The Hall–Kier alpha value is -1.78. The molecule has 0 N–H and O–H groups in total. The second-order valence-electron chi connectivity index (χ2n) is 5.48. The number of piperidine rings is 1. The van der Waals surface area contributed by atoms with Crippen LogP contribution < -0.4 is 0 Å². The Labute approximate surface area is 125 Å². The highest BCUT2D eigenvalue weighted by Crippen LogP contribution is 2.32. The molecule has 1 aromatic heterocycles. The molecule has 116 valence electrons. The van der Waals surface area contributed by atoms with E-state index in [4.69, 9.17) is 4.42 Å². The van der Waals surface area contributed by atoms with E-state index in [0.717, 1.165) is 37.3 Å². The Morgan fingerprint density at radius 1 is 1.33 bits per heavy atom. The van der Waals surface area contributed by atoms with Gasteiger partial charge in [0, 0.05) is 19.4 Å². The van der Waals surface area contributed by atoms with Crippen LogP contribution in [-0.4, -0.2) is 30.4 Å². The molecule has 1 aliphatic heterocycles. The molecule has 0 spiro atoms. The number of hydrogen-bond acceptors (Lipinski definition) is 4. The van der Waals surface area contributed by atoms with Crippen LogP contribution in [0.1, 0.15) is 56.1 Å². The SMILES string of the molecule is COC(=O)CCCC(=O)N1CCCC[C@H]1c1ccc(C)o1. The summed E-state index contributed by atoms with van der Waals surface area (Å²) in [5, 5.41) is 0. The smallest absolute Gasteiger partial charge is 0.305 e. The summed E-state index contributed by atoms with van der Waals surface area (Å²) in [7, 11) is 1.37. The Bertz CT molecular complexity index is 494. The largest absolute Gasteiger partial charge is 0.469 e. The minimum absolute atomic E-state index is 0.0399. The van der Waals surface area contributed by atoms with Gasteiger partial charge in [-0.15, -0.1) is 0 Å². The zero-order chi connectivity index (χ0) is 15.2. The number of amides is 1. The number of carbonyl (C=O) groups is 2. The van der Waals surface area contributed by atoms with Gasteiger partial charge in [-0.1, -0.05) is 0 Å². The number of furan rings is 1. The second kappa shape index (κ2) is 7.29. The van der Waals surface area contributed by atoms with Gasteiger partial charge in [-0.2, -0.15) is 0 Å². The fraction of sp³-hybridized carbons (Fsp3) is 0.625. The molecule has 2 rings (SSSR count). The Balaban J connectivity index is 1.95. The molecule has 5 heteroatoms. The van der Waals surface area contributed by atoms with Gasteiger partial charge >= 0.3 is 5.97 Å². The van der Waals surface area contributed by atoms with Crippen molar-refractivity contribution in [2.24, 2.45) is 0 Å². The van der Waals surface area contributed by atoms with Gasteiger partial charge < -0.3 is 14.1 Å². The van der Waals surface area contributed by atoms with Crippen molar-refractivity contribution >= 4 is 11.9 Å². The van der Waals surface area contributed by atoms with Crippen LogP contribution in [0.15, 0.2) is 16.5 Å². The van der Waals surface area contributed by atoms with Crippen LogP contribution in [0.2, 0.25) is 0 Å². The number of esters is 1. The van der Waals surface area contributed by atoms with E-state index in [0.29, 0.717) is 19.3 Å². The van der Waals surface area contributed by atoms with Gasteiger partial charge in [-0.3, -0.25) is 9.59 Å². The third kappa shape index (κ3) is 4.09. The van der Waals surface area contributed by atoms with E-state index < -0.39 is 0 Å². The van der Waals surface area contributed by atoms with E-state index in [1.54, 1.807) is 0 Å². The topological polar surface area (TPSA) is 59.8 Å². The van der Waals surface area contributed by atoms with E-state index >= 15 is 0 Å². The van der Waals surface area contributed by atoms with Crippen molar-refractivity contribution in [2.45, 2.75) is 51.5 Å². The van der Waals surface area contributed by atoms with Crippen molar-refractivity contribution in [3.05, 3.63) is 23.7 Å². The molecule has 0 aliphatic carbocycles. The molecule has 0 radical (unpaired) electrons. The third-order valence-corrected chi connectivity index (χ3v) is 3.91. The standard InChI is InChI=1S/C16H23NO4/c1-12-9-10-14(21-12)13-6-3-4-11-17(13)15(18)7-5-8-16(19)20-2/h9-10,13H,3-8,11H2,1-2H3/t13-/m0/s1. The summed E-state index contributed by atoms with van der Waals surface area (Å²) < 4.78 is 10.3. The Kier molecular flexibility index (Phi) is 5.42. The normalized spacial score (nSPS) is 18.6. The molecule has 1 saturated heterocycles. The molecule has 0 aromatic carbocycles. The highest BCUT2D eigenvalue weighted by atomic mass is 16.5. The summed E-state index contributed by atoms with van der Waals surface area (Å²) >= 11 is 0. The van der Waals surface area contributed by atoms with Gasteiger partial charge in [0.05, 0.1) is 13.2 Å². The van der Waals surface area contributed by atoms with Gasteiger partial charge in [0.25, 0.3) is 0 Å². The van der Waals surface area contributed by atoms with Crippen LogP contribution in [0.25, 0.3) is 0 Å². The number of rotatable bonds is 5. The number of likely N-dealkylation sites (tertiary alicyclic amines) is 1. The molecular formula is C16H23NO4. The monoisotopic (exact) mass is 293 g/mol. The number of methoxy groups -OCH3 is 1. The maximum Gasteiger partial charge on any atom is 0.305 e. The predicted molar refractivity (Wildman–Crippen MR) is 77.6 cm³/mol. The molecule has 21 heavy (non-hydrogen) atoms. The summed E-state index contributed by atoms with van der Waals surface area (Å²) in [6.07, 6.45) is 4.28. The molecule has 5 nitrogen and oxygen atoms in total. The highest BCUT2D eigenvalue weighted by molar-refractivity contribution is 5.77. The summed E-state index contributed by atoms with van der Waals surface area (Å²) in [5.74, 6) is 1.57. The van der Waals surface area contributed by atoms with Gasteiger partial charge in [-0.25, -0.2) is 0 Å². The lowest BCUT2D eigenvalue weighted by atomic mass is 9.99. The van der Waals surface area contributed by atoms with Gasteiger partial charge in [0.2, 0.25) is 5.91 Å². The van der Waals surface area contributed by atoms with Gasteiger partial charge in [0.1, 0.15) is 11.5 Å². The van der Waals surface area contributed by atoms with E-state index in [1.807, 2.05) is 24.0 Å². The van der Waals surface area contributed by atoms with E-state index in [9.17, 15) is 9.59 Å². The fourth-order valence-electron chi connectivity index (χ4n) is 2.79. The number of nitrogens with zero attached hydrogens (tertiary/aromatic N) is 1. The number of carbonyl (C=O) groups excluding carboxylic acids is 2. The van der Waals surface area contributed by atoms with Crippen molar-refractivity contribution in [2.75, 3.05) is 13.7 Å². The second-order valence-corrected chi connectivity index (χ2v) is 5.48. The van der Waals surface area contributed by atoms with E-state index in [2.05, 4.69) is 4.74 Å². The molecule has 0 saturated carbocycles. The first-order valence-corrected chi connectivity index (χ1v) is 7.54. The molecule has 1 atom stereocenters. The molecule has 1 fully saturated rings. The average molecular weight is 293 g/mol. The molecule has 1 aromatic rings. The van der Waals surface area contributed by atoms with Crippen molar-refractivity contribution in [1.29, 1.82) is 0 Å². The molecule has 2 heterocycles. The summed E-state index contributed by atoms with van der Waals surface area (Å²) in [6.45, 7) is 2.68. The van der Waals surface area contributed by atoms with Crippen LogP contribution >= 0.6 is 0 Å². The first-order valence-electron chi connectivity index (χ1n) is 7.54. The number of ether oxygens (including phenoxy) is 1. The summed E-state index contributed by atoms with van der Waals surface area (Å²) in [6, 6.07) is 3.93. The molecule has 1 amide bonds. The van der Waals surface area contributed by atoms with Crippen molar-refractivity contribution in [3.8, 4) is 0 Å². The van der Waals surface area contributed by atoms with Gasteiger partial charge in [-0.05, 0) is 44.7 Å². The maximum atomic E-state index is 12.4. The molecule has 0 unspecified atom stereocenters. The number of aryl methyl sites for hydroxylation is 1. The Morgan fingerprint density at radius 2 is 2.14 bits per heavy atom. The van der Waals surface area contributed by atoms with Crippen LogP contribution in [-0.2, 0) is 14.3 Å². The maximum absolute atomic E-state index is 12.4. The van der Waals surface area contributed by atoms with Crippen LogP contribution in [0.5, 0.6) is 0 Å². The average Bonchev–Trinajstić information content (AvgIpc) is 2.93. The van der Waals surface area contributed by atoms with Gasteiger partial charge in [0.15, 0.2) is 0 Å². The third-order valence-electron chi connectivity index (χ3n) is 3.91. The molecular weight excluding hydrogens is 270 g/mol. The lowest BCUT2D eigenvalue weighted by Gasteiger charge is -2.34. The minimum Gasteiger partial charge on any atom is -0.469 e. The van der Waals surface area contributed by atoms with Crippen molar-refractivity contribution < 1.29 is 18.7 Å². The lowest BCUT2D eigenvalue weighted by Crippen LogP contribution is -2.38. The van der Waals surface area contributed by atoms with E-state index in [-0.39, 0.29) is 17.9 Å². The van der Waals surface area contributed by atoms with Crippen LogP contribution in [0.4, 0.5) is 0 Å². The molecule has 1 aliphatic rings. The zero-order valence-corrected chi connectivity index (χ0v) is 12.8. The van der Waals surface area contributed by atoms with Crippen molar-refractivity contribution in [1.82, 2.24) is 4.90 Å². The van der Waals surface area contributed by atoms with Crippen LogP contribution in [0.3, 0.4) is 0 Å². The first-order chi connectivity index (χ1) is 10.1. The van der Waals surface area contributed by atoms with E-state index in [1.165, 1.54) is 7.11 Å². The summed E-state index contributed by atoms with van der Waals surface area (Å²) in [5.41, 5.74) is 0. The fourth-order valence-corrected chi connectivity index (χ4v) is 2.79. The highest BCUT2D eigenvalue weighted by Gasteiger charge is 2.29. The first kappa shape index (κ1) is 15.6. The zero-order valence-electron chi connectivity index (χ0n) is 12.8.